The zero-order valence-electron chi connectivity index (χ0n) is 21.9. The molecule has 0 amide bonds. The Hall–Kier alpha value is -2.92. The predicted molar refractivity (Wildman–Crippen MR) is 150 cm³/mol. The molecule has 0 radical (unpaired) electrons. The van der Waals surface area contributed by atoms with Gasteiger partial charge in [0.1, 0.15) is 12.4 Å². The summed E-state index contributed by atoms with van der Waals surface area (Å²) >= 11 is 6.66. The first-order chi connectivity index (χ1) is 18.6. The van der Waals surface area contributed by atoms with Crippen molar-refractivity contribution in [1.29, 1.82) is 0 Å². The molecule has 2 saturated heterocycles. The highest BCUT2D eigenvalue weighted by molar-refractivity contribution is 6.35. The van der Waals surface area contributed by atoms with Gasteiger partial charge in [-0.25, -0.2) is 6.57 Å². The lowest BCUT2D eigenvalue weighted by Crippen LogP contribution is -2.38. The Balaban J connectivity index is 1.34. The van der Waals surface area contributed by atoms with Crippen LogP contribution in [0.25, 0.3) is 15.6 Å². The van der Waals surface area contributed by atoms with Gasteiger partial charge in [0, 0.05) is 47.4 Å². The van der Waals surface area contributed by atoms with Crippen molar-refractivity contribution in [3.05, 3.63) is 69.7 Å². The van der Waals surface area contributed by atoms with Crippen LogP contribution in [0.2, 0.25) is 5.02 Å². The van der Waals surface area contributed by atoms with E-state index in [1.54, 1.807) is 0 Å². The number of likely N-dealkylation sites (N-methyl/N-ethyl adjacent to an activating group) is 1. The summed E-state index contributed by atoms with van der Waals surface area (Å²) in [5, 5.41) is 2.88. The van der Waals surface area contributed by atoms with Gasteiger partial charge < -0.3 is 24.1 Å². The third-order valence-corrected chi connectivity index (χ3v) is 8.65. The van der Waals surface area contributed by atoms with Crippen LogP contribution in [0.5, 0.6) is 6.01 Å². The molecule has 0 saturated carbocycles. The SMILES string of the molecule is [C-]#[N+]C[C@H]1CCCN(c2nc(OC[C@@H]3CCCN3C)nc3c2CO[C@H](c2cccc4cccc(Cl)c24)C3)C1. The minimum atomic E-state index is -0.154. The van der Waals surface area contributed by atoms with E-state index in [9.17, 15) is 0 Å². The predicted octanol–water partition coefficient (Wildman–Crippen LogP) is 5.71. The van der Waals surface area contributed by atoms with Crippen LogP contribution in [0, 0.1) is 12.5 Å². The highest BCUT2D eigenvalue weighted by atomic mass is 35.5. The topological polar surface area (TPSA) is 55.1 Å². The standard InChI is InChI=1S/C30H34ClN5O2/c1-32-16-20-7-5-14-36(17-20)29-24-19-37-27(23-11-3-8-21-9-4-12-25(31)28(21)23)15-26(24)33-30(34-29)38-18-22-10-6-13-35(22)2/h3-4,8-9,11-12,20,22,27H,5-7,10,13-19H2,2H3/t20-,22+,27+/m1/s1. The smallest absolute Gasteiger partial charge is 0.318 e. The van der Waals surface area contributed by atoms with E-state index < -0.39 is 0 Å². The molecular formula is C30H34ClN5O2. The third kappa shape index (κ3) is 5.05. The lowest BCUT2D eigenvalue weighted by molar-refractivity contribution is 0.0265. The number of hydrogen-bond donors (Lipinski definition) is 0. The maximum absolute atomic E-state index is 7.35. The van der Waals surface area contributed by atoms with Crippen molar-refractivity contribution in [2.24, 2.45) is 5.92 Å². The second kappa shape index (κ2) is 11.1. The van der Waals surface area contributed by atoms with Crippen molar-refractivity contribution in [3.8, 4) is 6.01 Å². The molecule has 4 heterocycles. The minimum absolute atomic E-state index is 0.154. The van der Waals surface area contributed by atoms with E-state index in [1.165, 1.54) is 6.42 Å². The number of nitrogens with zero attached hydrogens (tertiary/aromatic N) is 5. The molecule has 38 heavy (non-hydrogen) atoms. The molecule has 0 unspecified atom stereocenters. The Morgan fingerprint density at radius 3 is 2.79 bits per heavy atom. The number of anilines is 1. The van der Waals surface area contributed by atoms with E-state index in [1.807, 2.05) is 12.1 Å². The molecule has 0 aliphatic carbocycles. The molecule has 1 aromatic heterocycles. The molecule has 0 N–H and O–H groups in total. The largest absolute Gasteiger partial charge is 0.462 e. The van der Waals surface area contributed by atoms with Gasteiger partial charge in [-0.3, -0.25) is 0 Å². The van der Waals surface area contributed by atoms with Crippen molar-refractivity contribution in [1.82, 2.24) is 14.9 Å². The van der Waals surface area contributed by atoms with Crippen LogP contribution < -0.4 is 9.64 Å². The lowest BCUT2D eigenvalue weighted by Gasteiger charge is -2.35. The maximum atomic E-state index is 7.35. The van der Waals surface area contributed by atoms with Crippen LogP contribution in [0.4, 0.5) is 5.82 Å². The van der Waals surface area contributed by atoms with Gasteiger partial charge in [-0.05, 0) is 56.3 Å². The number of fused-ring (bicyclic) bond motifs is 2. The highest BCUT2D eigenvalue weighted by Crippen LogP contribution is 2.39. The van der Waals surface area contributed by atoms with E-state index in [2.05, 4.69) is 46.0 Å². The molecule has 6 rings (SSSR count). The van der Waals surface area contributed by atoms with Gasteiger partial charge in [-0.15, -0.1) is 0 Å². The number of halogens is 1. The normalized spacial score (nSPS) is 23.8. The second-order valence-electron chi connectivity index (χ2n) is 10.8. The molecule has 7 nitrogen and oxygen atoms in total. The molecule has 198 valence electrons. The fourth-order valence-electron chi connectivity index (χ4n) is 6.24. The highest BCUT2D eigenvalue weighted by Gasteiger charge is 2.32. The molecule has 3 atom stereocenters. The molecule has 3 aliphatic heterocycles. The third-order valence-electron chi connectivity index (χ3n) is 8.34. The van der Waals surface area contributed by atoms with E-state index in [0.717, 1.165) is 77.3 Å². The fourth-order valence-corrected chi connectivity index (χ4v) is 6.53. The minimum Gasteiger partial charge on any atom is -0.462 e. The first kappa shape index (κ1) is 25.4. The van der Waals surface area contributed by atoms with Crippen LogP contribution in [-0.4, -0.2) is 60.7 Å². The van der Waals surface area contributed by atoms with Crippen LogP contribution in [-0.2, 0) is 17.8 Å². The number of piperidine rings is 1. The number of hydrogen-bond acceptors (Lipinski definition) is 6. The van der Waals surface area contributed by atoms with Gasteiger partial charge in [0.15, 0.2) is 0 Å². The Bertz CT molecular complexity index is 1350. The summed E-state index contributed by atoms with van der Waals surface area (Å²) in [5.74, 6) is 1.27. The Labute approximate surface area is 229 Å². The van der Waals surface area contributed by atoms with E-state index in [-0.39, 0.29) is 6.10 Å². The van der Waals surface area contributed by atoms with Gasteiger partial charge in [-0.1, -0.05) is 41.9 Å². The van der Waals surface area contributed by atoms with Gasteiger partial charge in [0.25, 0.3) is 0 Å². The fraction of sp³-hybridized carbons (Fsp3) is 0.500. The van der Waals surface area contributed by atoms with Crippen molar-refractivity contribution in [2.75, 3.05) is 44.7 Å². The molecule has 2 aromatic carbocycles. The summed E-state index contributed by atoms with van der Waals surface area (Å²) in [4.78, 5) is 18.3. The summed E-state index contributed by atoms with van der Waals surface area (Å²) < 4.78 is 12.8. The Kier molecular flexibility index (Phi) is 7.38. The average molecular weight is 532 g/mol. The molecule has 3 aliphatic rings. The number of likely N-dealkylation sites (tertiary alicyclic amines) is 1. The zero-order chi connectivity index (χ0) is 26.1. The first-order valence-electron chi connectivity index (χ1n) is 13.7. The number of ether oxygens (including phenoxy) is 2. The number of aromatic nitrogens is 2. The van der Waals surface area contributed by atoms with Gasteiger partial charge in [0.2, 0.25) is 6.54 Å². The zero-order valence-corrected chi connectivity index (χ0v) is 22.7. The quantitative estimate of drug-likeness (QED) is 0.380. The van der Waals surface area contributed by atoms with Gasteiger partial charge >= 0.3 is 6.01 Å². The van der Waals surface area contributed by atoms with E-state index >= 15 is 0 Å². The first-order valence-corrected chi connectivity index (χ1v) is 14.1. The van der Waals surface area contributed by atoms with Crippen molar-refractivity contribution < 1.29 is 9.47 Å². The Morgan fingerprint density at radius 1 is 1.13 bits per heavy atom. The molecular weight excluding hydrogens is 498 g/mol. The summed E-state index contributed by atoms with van der Waals surface area (Å²) in [6.07, 6.45) is 4.96. The number of benzene rings is 2. The van der Waals surface area contributed by atoms with E-state index in [0.29, 0.717) is 44.1 Å². The van der Waals surface area contributed by atoms with Crippen molar-refractivity contribution in [2.45, 2.75) is 50.9 Å². The van der Waals surface area contributed by atoms with Crippen molar-refractivity contribution >= 4 is 28.2 Å². The lowest BCUT2D eigenvalue weighted by atomic mass is 9.94. The molecule has 8 heteroatoms. The number of rotatable bonds is 6. The monoisotopic (exact) mass is 531 g/mol. The molecule has 2 fully saturated rings. The maximum Gasteiger partial charge on any atom is 0.318 e. The van der Waals surface area contributed by atoms with Gasteiger partial charge in [0.05, 0.1) is 18.4 Å². The van der Waals surface area contributed by atoms with Crippen molar-refractivity contribution in [3.63, 3.8) is 0 Å². The summed E-state index contributed by atoms with van der Waals surface area (Å²) in [7, 11) is 2.16. The van der Waals surface area contributed by atoms with Crippen LogP contribution >= 0.6 is 11.6 Å². The van der Waals surface area contributed by atoms with E-state index in [4.69, 9.17) is 37.6 Å². The van der Waals surface area contributed by atoms with Crippen LogP contribution in [0.15, 0.2) is 36.4 Å². The van der Waals surface area contributed by atoms with Gasteiger partial charge in [-0.2, -0.15) is 9.97 Å². The summed E-state index contributed by atoms with van der Waals surface area (Å²) in [5.41, 5.74) is 3.11. The average Bonchev–Trinajstić information content (AvgIpc) is 3.35. The molecule has 0 spiro atoms. The Morgan fingerprint density at radius 2 is 1.97 bits per heavy atom. The molecule has 3 aromatic rings. The summed E-state index contributed by atoms with van der Waals surface area (Å²) in [6.45, 7) is 11.8. The van der Waals surface area contributed by atoms with Crippen LogP contribution in [0.1, 0.15) is 48.6 Å². The second-order valence-corrected chi connectivity index (χ2v) is 11.2. The summed E-state index contributed by atoms with van der Waals surface area (Å²) in [6, 6.07) is 13.1. The van der Waals surface area contributed by atoms with Crippen LogP contribution in [0.3, 0.4) is 0 Å². The molecule has 0 bridgehead atoms.